The van der Waals surface area contributed by atoms with Crippen LogP contribution >= 0.6 is 0 Å². The molecule has 0 radical (unpaired) electrons. The number of carbonyl (C=O) groups excluding carboxylic acids is 1. The van der Waals surface area contributed by atoms with Gasteiger partial charge in [0.2, 0.25) is 0 Å². The molecule has 1 aromatic carbocycles. The number of rotatable bonds is 9. The zero-order valence-corrected chi connectivity index (χ0v) is 12.9. The van der Waals surface area contributed by atoms with Gasteiger partial charge in [0, 0.05) is 12.1 Å². The maximum Gasteiger partial charge on any atom is 0.161 e. The fourth-order valence-corrected chi connectivity index (χ4v) is 1.86. The average Bonchev–Trinajstić information content (AvgIpc) is 2.45. The molecule has 0 atom stereocenters. The number of carbonyl (C=O) groups is 1. The Morgan fingerprint density at radius 3 is 2.60 bits per heavy atom. The van der Waals surface area contributed by atoms with E-state index in [0.717, 1.165) is 13.1 Å². The smallest absolute Gasteiger partial charge is 0.161 e. The van der Waals surface area contributed by atoms with Crippen LogP contribution in [0.3, 0.4) is 0 Å². The van der Waals surface area contributed by atoms with Crippen LogP contribution in [0, 0.1) is 0 Å². The summed E-state index contributed by atoms with van der Waals surface area (Å²) < 4.78 is 11.0. The van der Waals surface area contributed by atoms with E-state index in [0.29, 0.717) is 23.7 Å². The molecule has 20 heavy (non-hydrogen) atoms. The molecule has 0 fully saturated rings. The number of likely N-dealkylation sites (N-methyl/N-ethyl adjacent to an activating group) is 1. The van der Waals surface area contributed by atoms with Crippen LogP contribution in [0.4, 0.5) is 0 Å². The Labute approximate surface area is 121 Å². The Morgan fingerprint density at radius 1 is 1.25 bits per heavy atom. The predicted octanol–water partition coefficient (Wildman–Crippen LogP) is 3.01. The van der Waals surface area contributed by atoms with Crippen LogP contribution < -0.4 is 9.47 Å². The number of hydrogen-bond acceptors (Lipinski definition) is 4. The van der Waals surface area contributed by atoms with Crippen molar-refractivity contribution in [2.75, 3.05) is 33.9 Å². The second-order valence-electron chi connectivity index (χ2n) is 4.93. The Balaban J connectivity index is 2.53. The number of ketones is 1. The maximum absolute atomic E-state index is 11.3. The fraction of sp³-hybridized carbons (Fsp3) is 0.562. The number of hydrogen-bond donors (Lipinski definition) is 0. The summed E-state index contributed by atoms with van der Waals surface area (Å²) in [7, 11) is 3.68. The van der Waals surface area contributed by atoms with E-state index in [9.17, 15) is 4.79 Å². The molecule has 0 heterocycles. The van der Waals surface area contributed by atoms with Gasteiger partial charge in [-0.1, -0.05) is 13.3 Å². The summed E-state index contributed by atoms with van der Waals surface area (Å²) >= 11 is 0. The lowest BCUT2D eigenvalue weighted by Crippen LogP contribution is -2.25. The van der Waals surface area contributed by atoms with E-state index in [-0.39, 0.29) is 5.78 Å². The summed E-state index contributed by atoms with van der Waals surface area (Å²) in [5.74, 6) is 1.31. The molecular weight excluding hydrogens is 254 g/mol. The summed E-state index contributed by atoms with van der Waals surface area (Å²) in [5.41, 5.74) is 0.634. The van der Waals surface area contributed by atoms with Gasteiger partial charge in [0.05, 0.1) is 7.11 Å². The van der Waals surface area contributed by atoms with Crippen LogP contribution in [0.15, 0.2) is 18.2 Å². The van der Waals surface area contributed by atoms with Crippen molar-refractivity contribution in [2.45, 2.75) is 26.7 Å². The summed E-state index contributed by atoms with van der Waals surface area (Å²) in [6, 6.07) is 5.28. The number of Topliss-reactive ketones (excluding diaryl/α,β-unsaturated/α-hetero) is 1. The Bertz CT molecular complexity index is 432. The van der Waals surface area contributed by atoms with Crippen molar-refractivity contribution in [1.29, 1.82) is 0 Å². The molecule has 0 aliphatic rings. The van der Waals surface area contributed by atoms with Gasteiger partial charge in [0.25, 0.3) is 0 Å². The molecule has 1 rings (SSSR count). The molecule has 4 nitrogen and oxygen atoms in total. The van der Waals surface area contributed by atoms with E-state index in [4.69, 9.17) is 9.47 Å². The molecule has 0 N–H and O–H groups in total. The van der Waals surface area contributed by atoms with Crippen LogP contribution in [0.1, 0.15) is 37.0 Å². The molecule has 4 heteroatoms. The first kappa shape index (κ1) is 16.5. The summed E-state index contributed by atoms with van der Waals surface area (Å²) in [6.45, 7) is 6.29. The third-order valence-corrected chi connectivity index (χ3v) is 3.19. The van der Waals surface area contributed by atoms with Crippen molar-refractivity contribution in [3.63, 3.8) is 0 Å². The SMILES string of the molecule is CCCCN(C)CCOc1ccc(C(C)=O)cc1OC. The van der Waals surface area contributed by atoms with Crippen molar-refractivity contribution >= 4 is 5.78 Å². The van der Waals surface area contributed by atoms with Crippen LogP contribution in [0.25, 0.3) is 0 Å². The van der Waals surface area contributed by atoms with E-state index >= 15 is 0 Å². The van der Waals surface area contributed by atoms with Gasteiger partial charge in [-0.15, -0.1) is 0 Å². The maximum atomic E-state index is 11.3. The van der Waals surface area contributed by atoms with Gasteiger partial charge in [-0.2, -0.15) is 0 Å². The third-order valence-electron chi connectivity index (χ3n) is 3.19. The molecule has 0 saturated heterocycles. The van der Waals surface area contributed by atoms with Crippen molar-refractivity contribution in [1.82, 2.24) is 4.90 Å². The van der Waals surface area contributed by atoms with Crippen molar-refractivity contribution in [2.24, 2.45) is 0 Å². The first-order valence-corrected chi connectivity index (χ1v) is 7.08. The van der Waals surface area contributed by atoms with Crippen LogP contribution in [0.5, 0.6) is 11.5 Å². The number of unbranched alkanes of at least 4 members (excludes halogenated alkanes) is 1. The Morgan fingerprint density at radius 2 is 2.00 bits per heavy atom. The molecule has 0 aromatic heterocycles. The van der Waals surface area contributed by atoms with Gasteiger partial charge in [-0.25, -0.2) is 0 Å². The molecule has 0 spiro atoms. The van der Waals surface area contributed by atoms with Gasteiger partial charge >= 0.3 is 0 Å². The normalized spacial score (nSPS) is 10.7. The van der Waals surface area contributed by atoms with E-state index in [2.05, 4.69) is 18.9 Å². The monoisotopic (exact) mass is 279 g/mol. The minimum absolute atomic E-state index is 0.0224. The molecule has 0 amide bonds. The minimum atomic E-state index is 0.0224. The molecule has 0 saturated carbocycles. The topological polar surface area (TPSA) is 38.8 Å². The first-order chi connectivity index (χ1) is 9.58. The van der Waals surface area contributed by atoms with Crippen LogP contribution in [-0.4, -0.2) is 44.5 Å². The Hall–Kier alpha value is -1.55. The van der Waals surface area contributed by atoms with E-state index < -0.39 is 0 Å². The molecule has 0 aliphatic heterocycles. The standard InChI is InChI=1S/C16H25NO3/c1-5-6-9-17(3)10-11-20-15-8-7-14(13(2)18)12-16(15)19-4/h7-8,12H,5-6,9-11H2,1-4H3. The second-order valence-corrected chi connectivity index (χ2v) is 4.93. The highest BCUT2D eigenvalue weighted by Crippen LogP contribution is 2.28. The molecular formula is C16H25NO3. The third kappa shape index (κ3) is 5.21. The van der Waals surface area contributed by atoms with Gasteiger partial charge < -0.3 is 14.4 Å². The highest BCUT2D eigenvalue weighted by atomic mass is 16.5. The van der Waals surface area contributed by atoms with Crippen molar-refractivity contribution in [3.8, 4) is 11.5 Å². The van der Waals surface area contributed by atoms with Crippen LogP contribution in [-0.2, 0) is 0 Å². The van der Waals surface area contributed by atoms with E-state index in [1.54, 1.807) is 25.3 Å². The van der Waals surface area contributed by atoms with Crippen LogP contribution in [0.2, 0.25) is 0 Å². The highest BCUT2D eigenvalue weighted by Gasteiger charge is 2.08. The number of nitrogens with zero attached hydrogens (tertiary/aromatic N) is 1. The summed E-state index contributed by atoms with van der Waals surface area (Å²) in [6.07, 6.45) is 2.40. The molecule has 0 unspecified atom stereocenters. The average molecular weight is 279 g/mol. The highest BCUT2D eigenvalue weighted by molar-refractivity contribution is 5.94. The first-order valence-electron chi connectivity index (χ1n) is 7.08. The molecule has 0 aliphatic carbocycles. The fourth-order valence-electron chi connectivity index (χ4n) is 1.86. The zero-order valence-electron chi connectivity index (χ0n) is 12.9. The summed E-state index contributed by atoms with van der Waals surface area (Å²) in [4.78, 5) is 13.6. The minimum Gasteiger partial charge on any atom is -0.493 e. The number of methoxy groups -OCH3 is 1. The molecule has 112 valence electrons. The van der Waals surface area contributed by atoms with Gasteiger partial charge in [0.15, 0.2) is 17.3 Å². The number of ether oxygens (including phenoxy) is 2. The number of benzene rings is 1. The molecule has 1 aromatic rings. The lowest BCUT2D eigenvalue weighted by molar-refractivity contribution is 0.101. The summed E-state index contributed by atoms with van der Waals surface area (Å²) in [5, 5.41) is 0. The lowest BCUT2D eigenvalue weighted by atomic mass is 10.1. The Kier molecular flexibility index (Phi) is 7.09. The second kappa shape index (κ2) is 8.59. The lowest BCUT2D eigenvalue weighted by Gasteiger charge is -2.17. The van der Waals surface area contributed by atoms with E-state index in [1.165, 1.54) is 19.8 Å². The largest absolute Gasteiger partial charge is 0.493 e. The van der Waals surface area contributed by atoms with Gasteiger partial charge in [-0.05, 0) is 45.1 Å². The van der Waals surface area contributed by atoms with Crippen molar-refractivity contribution in [3.05, 3.63) is 23.8 Å². The predicted molar refractivity (Wildman–Crippen MR) is 80.9 cm³/mol. The molecule has 0 bridgehead atoms. The zero-order chi connectivity index (χ0) is 15.0. The van der Waals surface area contributed by atoms with Gasteiger partial charge in [0.1, 0.15) is 6.61 Å². The van der Waals surface area contributed by atoms with Crippen molar-refractivity contribution < 1.29 is 14.3 Å². The van der Waals surface area contributed by atoms with Gasteiger partial charge in [-0.3, -0.25) is 4.79 Å². The quantitative estimate of drug-likeness (QED) is 0.651. The van der Waals surface area contributed by atoms with E-state index in [1.807, 2.05) is 0 Å².